The summed E-state index contributed by atoms with van der Waals surface area (Å²) in [6.45, 7) is 18.7. The molecule has 0 aliphatic carbocycles. The Morgan fingerprint density at radius 1 is 0.520 bits per heavy atom. The molecule has 0 bridgehead atoms. The van der Waals surface area contributed by atoms with E-state index in [0.717, 1.165) is 12.0 Å². The molecular formula is C24H52N+. The summed E-state index contributed by atoms with van der Waals surface area (Å²) in [7, 11) is 0. The maximum absolute atomic E-state index is 2.47. The first kappa shape index (κ1) is 25.0. The Hall–Kier alpha value is -0.0400. The molecular weight excluding hydrogens is 302 g/mol. The van der Waals surface area contributed by atoms with Crippen LogP contribution in [0.4, 0.5) is 0 Å². The predicted molar refractivity (Wildman–Crippen MR) is 116 cm³/mol. The van der Waals surface area contributed by atoms with Gasteiger partial charge in [-0.3, -0.25) is 0 Å². The zero-order valence-corrected chi connectivity index (χ0v) is 18.9. The molecule has 0 rings (SSSR count). The largest absolute Gasteiger partial charge is 0.321 e. The van der Waals surface area contributed by atoms with Gasteiger partial charge in [0.25, 0.3) is 0 Å². The van der Waals surface area contributed by atoms with Crippen molar-refractivity contribution in [3.8, 4) is 0 Å². The Bertz CT molecular complexity index is 251. The van der Waals surface area contributed by atoms with Gasteiger partial charge < -0.3 is 4.48 Å². The molecule has 2 atom stereocenters. The minimum absolute atomic E-state index is 0.913. The van der Waals surface area contributed by atoms with E-state index in [9.17, 15) is 0 Å². The van der Waals surface area contributed by atoms with Gasteiger partial charge in [-0.05, 0) is 38.5 Å². The number of nitrogens with zero attached hydrogens (tertiary/aromatic N) is 1. The number of quaternary nitrogens is 1. The van der Waals surface area contributed by atoms with Gasteiger partial charge in [-0.1, -0.05) is 86.5 Å². The summed E-state index contributed by atoms with van der Waals surface area (Å²) in [5.74, 6) is 0.942. The van der Waals surface area contributed by atoms with Crippen LogP contribution in [0.3, 0.4) is 0 Å². The fraction of sp³-hybridized carbons (Fsp3) is 1.00. The highest BCUT2D eigenvalue weighted by molar-refractivity contribution is 4.73. The summed E-state index contributed by atoms with van der Waals surface area (Å²) >= 11 is 0. The van der Waals surface area contributed by atoms with E-state index in [0.29, 0.717) is 0 Å². The van der Waals surface area contributed by atoms with Crippen molar-refractivity contribution in [1.29, 1.82) is 0 Å². The SMILES string of the molecule is CCCCCC(CC)C(CCC)[N+](CCCC)(CCCC)CCCC. The van der Waals surface area contributed by atoms with Gasteiger partial charge in [0.05, 0.1) is 25.7 Å². The first-order chi connectivity index (χ1) is 12.2. The Morgan fingerprint density at radius 2 is 1.00 bits per heavy atom. The average Bonchev–Trinajstić information content (AvgIpc) is 2.64. The van der Waals surface area contributed by atoms with Crippen LogP contribution in [0.15, 0.2) is 0 Å². The summed E-state index contributed by atoms with van der Waals surface area (Å²) in [6.07, 6.45) is 18.2. The van der Waals surface area contributed by atoms with Gasteiger partial charge in [-0.2, -0.15) is 0 Å². The van der Waals surface area contributed by atoms with Gasteiger partial charge in [0.2, 0.25) is 0 Å². The second-order valence-electron chi connectivity index (χ2n) is 8.47. The smallest absolute Gasteiger partial charge is 0.0918 e. The molecule has 0 fully saturated rings. The second-order valence-corrected chi connectivity index (χ2v) is 8.47. The van der Waals surface area contributed by atoms with Crippen molar-refractivity contribution in [2.24, 2.45) is 5.92 Å². The van der Waals surface area contributed by atoms with Crippen LogP contribution in [0, 0.1) is 5.92 Å². The van der Waals surface area contributed by atoms with Crippen LogP contribution >= 0.6 is 0 Å². The third kappa shape index (κ3) is 9.45. The van der Waals surface area contributed by atoms with Crippen LogP contribution in [0.2, 0.25) is 0 Å². The van der Waals surface area contributed by atoms with Gasteiger partial charge in [-0.25, -0.2) is 0 Å². The van der Waals surface area contributed by atoms with E-state index in [2.05, 4.69) is 41.5 Å². The lowest BCUT2D eigenvalue weighted by Crippen LogP contribution is -2.59. The Balaban J connectivity index is 5.49. The quantitative estimate of drug-likeness (QED) is 0.173. The average molecular weight is 355 g/mol. The van der Waals surface area contributed by atoms with Crippen molar-refractivity contribution >= 4 is 0 Å². The van der Waals surface area contributed by atoms with Gasteiger partial charge in [0.1, 0.15) is 0 Å². The minimum Gasteiger partial charge on any atom is -0.321 e. The van der Waals surface area contributed by atoms with Gasteiger partial charge in [0.15, 0.2) is 0 Å². The molecule has 0 spiro atoms. The molecule has 1 nitrogen and oxygen atoms in total. The van der Waals surface area contributed by atoms with Crippen molar-refractivity contribution in [2.45, 2.75) is 131 Å². The molecule has 0 aliphatic heterocycles. The molecule has 0 amide bonds. The standard InChI is InChI=1S/C24H52N/c1-7-13-17-19-23(12-6)24(18-11-5)25(20-14-8-2,21-15-9-3)22-16-10-4/h23-24H,7-22H2,1-6H3/q+1. The molecule has 1 heteroatoms. The summed E-state index contributed by atoms with van der Waals surface area (Å²) in [6, 6.07) is 0.913. The van der Waals surface area contributed by atoms with Crippen molar-refractivity contribution in [3.05, 3.63) is 0 Å². The van der Waals surface area contributed by atoms with E-state index < -0.39 is 0 Å². The van der Waals surface area contributed by atoms with Gasteiger partial charge in [0, 0.05) is 5.92 Å². The van der Waals surface area contributed by atoms with Crippen molar-refractivity contribution < 1.29 is 4.48 Å². The summed E-state index contributed by atoms with van der Waals surface area (Å²) in [5, 5.41) is 0. The lowest BCUT2D eigenvalue weighted by molar-refractivity contribution is -0.956. The lowest BCUT2D eigenvalue weighted by Gasteiger charge is -2.49. The van der Waals surface area contributed by atoms with E-state index in [-0.39, 0.29) is 0 Å². The highest BCUT2D eigenvalue weighted by Gasteiger charge is 2.39. The van der Waals surface area contributed by atoms with E-state index in [4.69, 9.17) is 0 Å². The molecule has 2 unspecified atom stereocenters. The molecule has 0 aromatic carbocycles. The lowest BCUT2D eigenvalue weighted by atomic mass is 9.84. The van der Waals surface area contributed by atoms with E-state index in [1.807, 2.05) is 0 Å². The number of unbranched alkanes of at least 4 members (excludes halogenated alkanes) is 5. The summed E-state index contributed by atoms with van der Waals surface area (Å²) in [4.78, 5) is 0. The highest BCUT2D eigenvalue weighted by atomic mass is 15.4. The Morgan fingerprint density at radius 3 is 1.36 bits per heavy atom. The first-order valence-corrected chi connectivity index (χ1v) is 12.0. The Kier molecular flexibility index (Phi) is 16.1. The number of rotatable bonds is 18. The molecule has 0 aliphatic rings. The fourth-order valence-corrected chi connectivity index (χ4v) is 4.83. The van der Waals surface area contributed by atoms with E-state index >= 15 is 0 Å². The topological polar surface area (TPSA) is 0 Å². The highest BCUT2D eigenvalue weighted by Crippen LogP contribution is 2.33. The maximum Gasteiger partial charge on any atom is 0.0918 e. The van der Waals surface area contributed by atoms with E-state index in [1.165, 1.54) is 108 Å². The fourth-order valence-electron chi connectivity index (χ4n) is 4.83. The monoisotopic (exact) mass is 354 g/mol. The van der Waals surface area contributed by atoms with Crippen LogP contribution in [-0.2, 0) is 0 Å². The Labute approximate surface area is 161 Å². The molecule has 0 heterocycles. The minimum atomic E-state index is 0.913. The zero-order chi connectivity index (χ0) is 19.0. The molecule has 0 saturated carbocycles. The molecule has 0 radical (unpaired) electrons. The van der Waals surface area contributed by atoms with Crippen LogP contribution < -0.4 is 0 Å². The van der Waals surface area contributed by atoms with E-state index in [1.54, 1.807) is 0 Å². The summed E-state index contributed by atoms with van der Waals surface area (Å²) < 4.78 is 1.45. The third-order valence-corrected chi connectivity index (χ3v) is 6.41. The maximum atomic E-state index is 2.47. The normalized spacial score (nSPS) is 14.6. The molecule has 0 aromatic heterocycles. The first-order valence-electron chi connectivity index (χ1n) is 12.0. The van der Waals surface area contributed by atoms with Crippen LogP contribution in [0.25, 0.3) is 0 Å². The number of hydrogen-bond acceptors (Lipinski definition) is 0. The molecule has 152 valence electrons. The van der Waals surface area contributed by atoms with Crippen LogP contribution in [0.1, 0.15) is 125 Å². The number of hydrogen-bond donors (Lipinski definition) is 0. The van der Waals surface area contributed by atoms with Crippen LogP contribution in [0.5, 0.6) is 0 Å². The zero-order valence-electron chi connectivity index (χ0n) is 18.9. The molecule has 0 aromatic rings. The third-order valence-electron chi connectivity index (χ3n) is 6.41. The molecule has 25 heavy (non-hydrogen) atoms. The van der Waals surface area contributed by atoms with Crippen LogP contribution in [-0.4, -0.2) is 30.2 Å². The van der Waals surface area contributed by atoms with Crippen molar-refractivity contribution in [1.82, 2.24) is 0 Å². The predicted octanol–water partition coefficient (Wildman–Crippen LogP) is 7.98. The van der Waals surface area contributed by atoms with Crippen molar-refractivity contribution in [3.63, 3.8) is 0 Å². The molecule has 0 saturated heterocycles. The van der Waals surface area contributed by atoms with Gasteiger partial charge >= 0.3 is 0 Å². The molecule has 0 N–H and O–H groups in total. The van der Waals surface area contributed by atoms with Gasteiger partial charge in [-0.15, -0.1) is 0 Å². The second kappa shape index (κ2) is 16.2. The van der Waals surface area contributed by atoms with Crippen molar-refractivity contribution in [2.75, 3.05) is 19.6 Å². The summed E-state index contributed by atoms with van der Waals surface area (Å²) in [5.41, 5.74) is 0.